The minimum absolute atomic E-state index is 0. The number of carbonyl (C=O) groups is 1. The zero-order valence-corrected chi connectivity index (χ0v) is 15.3. The zero-order chi connectivity index (χ0) is 15.5. The Kier molecular flexibility index (Phi) is 7.27. The van der Waals surface area contributed by atoms with Gasteiger partial charge in [0.15, 0.2) is 0 Å². The van der Waals surface area contributed by atoms with Crippen molar-refractivity contribution in [3.8, 4) is 0 Å². The molecule has 1 aromatic rings. The number of halogens is 2. The van der Waals surface area contributed by atoms with Crippen LogP contribution in [-0.2, 0) is 14.8 Å². The Labute approximate surface area is 144 Å². The highest BCUT2D eigenvalue weighted by Gasteiger charge is 2.27. The van der Waals surface area contributed by atoms with Crippen molar-refractivity contribution >= 4 is 44.3 Å². The van der Waals surface area contributed by atoms with Gasteiger partial charge in [0, 0.05) is 30.7 Å². The molecule has 1 saturated heterocycles. The highest BCUT2D eigenvalue weighted by Crippen LogP contribution is 2.23. The number of hydrogen-bond donors (Lipinski definition) is 1. The van der Waals surface area contributed by atoms with Gasteiger partial charge in [-0.15, -0.1) is 12.4 Å². The van der Waals surface area contributed by atoms with Gasteiger partial charge in [-0.05, 0) is 25.1 Å². The van der Waals surface area contributed by atoms with Gasteiger partial charge < -0.3 is 10.1 Å². The molecule has 0 aromatic heterocycles. The van der Waals surface area contributed by atoms with Crippen molar-refractivity contribution < 1.29 is 17.9 Å². The molecular formula is C13H18BrClN2O4S. The van der Waals surface area contributed by atoms with E-state index in [1.54, 1.807) is 13.0 Å². The number of piperazine rings is 1. The molecule has 1 heterocycles. The summed E-state index contributed by atoms with van der Waals surface area (Å²) in [7, 11) is -3.60. The molecule has 0 bridgehead atoms. The second-order valence-electron chi connectivity index (χ2n) is 4.55. The number of nitrogens with one attached hydrogen (secondary N) is 1. The quantitative estimate of drug-likeness (QED) is 0.760. The van der Waals surface area contributed by atoms with E-state index in [-0.39, 0.29) is 29.5 Å². The third-order valence-corrected chi connectivity index (χ3v) is 5.43. The maximum absolute atomic E-state index is 12.6. The molecule has 9 heteroatoms. The molecule has 0 aliphatic carbocycles. The molecule has 1 aliphatic heterocycles. The number of hydrogen-bond acceptors (Lipinski definition) is 5. The summed E-state index contributed by atoms with van der Waals surface area (Å²) in [6.07, 6.45) is 0. The lowest BCUT2D eigenvalue weighted by Crippen LogP contribution is -2.46. The van der Waals surface area contributed by atoms with Gasteiger partial charge in [0.05, 0.1) is 17.1 Å². The van der Waals surface area contributed by atoms with Crippen LogP contribution < -0.4 is 5.32 Å². The van der Waals surface area contributed by atoms with Crippen molar-refractivity contribution in [1.29, 1.82) is 0 Å². The van der Waals surface area contributed by atoms with Crippen LogP contribution in [0.15, 0.2) is 27.6 Å². The van der Waals surface area contributed by atoms with Gasteiger partial charge in [-0.3, -0.25) is 0 Å². The van der Waals surface area contributed by atoms with Crippen molar-refractivity contribution in [2.45, 2.75) is 11.8 Å². The van der Waals surface area contributed by atoms with E-state index in [1.807, 2.05) is 0 Å². The minimum Gasteiger partial charge on any atom is -0.462 e. The first-order chi connectivity index (χ1) is 9.95. The van der Waals surface area contributed by atoms with Gasteiger partial charge in [0.2, 0.25) is 10.0 Å². The SMILES string of the molecule is CCOC(=O)c1cc(Br)cc(S(=O)(=O)N2CCNCC2)c1.Cl. The first-order valence-electron chi connectivity index (χ1n) is 6.63. The molecule has 2 rings (SSSR count). The molecule has 0 spiro atoms. The summed E-state index contributed by atoms with van der Waals surface area (Å²) >= 11 is 3.25. The molecule has 1 fully saturated rings. The van der Waals surface area contributed by atoms with Crippen LogP contribution in [0, 0.1) is 0 Å². The van der Waals surface area contributed by atoms with Crippen LogP contribution in [0.3, 0.4) is 0 Å². The fraction of sp³-hybridized carbons (Fsp3) is 0.462. The van der Waals surface area contributed by atoms with Crippen LogP contribution in [0.25, 0.3) is 0 Å². The summed E-state index contributed by atoms with van der Waals surface area (Å²) in [6.45, 7) is 4.03. The lowest BCUT2D eigenvalue weighted by Gasteiger charge is -2.26. The summed E-state index contributed by atoms with van der Waals surface area (Å²) in [4.78, 5) is 11.9. The smallest absolute Gasteiger partial charge is 0.338 e. The van der Waals surface area contributed by atoms with Crippen molar-refractivity contribution in [2.75, 3.05) is 32.8 Å². The highest BCUT2D eigenvalue weighted by atomic mass is 79.9. The van der Waals surface area contributed by atoms with Gasteiger partial charge in [-0.25, -0.2) is 13.2 Å². The van der Waals surface area contributed by atoms with E-state index in [0.29, 0.717) is 30.7 Å². The Balaban J connectivity index is 0.00000242. The van der Waals surface area contributed by atoms with E-state index in [9.17, 15) is 13.2 Å². The van der Waals surface area contributed by atoms with Crippen LogP contribution in [0.2, 0.25) is 0 Å². The molecule has 22 heavy (non-hydrogen) atoms. The van der Waals surface area contributed by atoms with Crippen LogP contribution in [0.4, 0.5) is 0 Å². The lowest BCUT2D eigenvalue weighted by atomic mass is 10.2. The Morgan fingerprint density at radius 2 is 1.95 bits per heavy atom. The number of carbonyl (C=O) groups excluding carboxylic acids is 1. The summed E-state index contributed by atoms with van der Waals surface area (Å²) in [5.41, 5.74) is 0.222. The van der Waals surface area contributed by atoms with E-state index >= 15 is 0 Å². The van der Waals surface area contributed by atoms with E-state index in [4.69, 9.17) is 4.74 Å². The number of esters is 1. The molecule has 0 unspecified atom stereocenters. The fourth-order valence-corrected chi connectivity index (χ4v) is 4.24. The normalized spacial score (nSPS) is 15.9. The van der Waals surface area contributed by atoms with Crippen molar-refractivity contribution in [3.05, 3.63) is 28.2 Å². The summed E-state index contributed by atoms with van der Waals surface area (Å²) in [6, 6.07) is 4.41. The van der Waals surface area contributed by atoms with E-state index in [0.717, 1.165) is 0 Å². The Morgan fingerprint density at radius 1 is 1.32 bits per heavy atom. The standard InChI is InChI=1S/C13H17BrN2O4S.ClH/c1-2-20-13(17)10-7-11(14)9-12(8-10)21(18,19)16-5-3-15-4-6-16;/h7-9,15H,2-6H2,1H3;1H. The number of rotatable bonds is 4. The summed E-state index contributed by atoms with van der Waals surface area (Å²) in [5.74, 6) is -0.532. The third kappa shape index (κ3) is 4.42. The number of sulfonamides is 1. The van der Waals surface area contributed by atoms with Crippen LogP contribution in [-0.4, -0.2) is 51.5 Å². The first-order valence-corrected chi connectivity index (χ1v) is 8.87. The molecular weight excluding hydrogens is 396 g/mol. The Hall–Kier alpha value is -0.670. The molecule has 6 nitrogen and oxygen atoms in total. The van der Waals surface area contributed by atoms with Crippen LogP contribution in [0.1, 0.15) is 17.3 Å². The molecule has 1 aromatic carbocycles. The predicted molar refractivity (Wildman–Crippen MR) is 89.0 cm³/mol. The number of benzene rings is 1. The van der Waals surface area contributed by atoms with Gasteiger partial charge in [0.25, 0.3) is 0 Å². The van der Waals surface area contributed by atoms with E-state index in [1.165, 1.54) is 16.4 Å². The average Bonchev–Trinajstić information content (AvgIpc) is 2.47. The number of ether oxygens (including phenoxy) is 1. The molecule has 1 aliphatic rings. The summed E-state index contributed by atoms with van der Waals surface area (Å²) < 4.78 is 32.1. The molecule has 124 valence electrons. The van der Waals surface area contributed by atoms with Crippen LogP contribution >= 0.6 is 28.3 Å². The van der Waals surface area contributed by atoms with Crippen molar-refractivity contribution in [3.63, 3.8) is 0 Å². The van der Waals surface area contributed by atoms with Crippen LogP contribution in [0.5, 0.6) is 0 Å². The monoisotopic (exact) mass is 412 g/mol. The average molecular weight is 414 g/mol. The fourth-order valence-electron chi connectivity index (χ4n) is 2.08. The molecule has 0 radical (unpaired) electrons. The molecule has 0 atom stereocenters. The van der Waals surface area contributed by atoms with Crippen molar-refractivity contribution in [1.82, 2.24) is 9.62 Å². The lowest BCUT2D eigenvalue weighted by molar-refractivity contribution is 0.0526. The third-order valence-electron chi connectivity index (χ3n) is 3.10. The second kappa shape index (κ2) is 8.26. The second-order valence-corrected chi connectivity index (χ2v) is 7.40. The number of nitrogens with zero attached hydrogens (tertiary/aromatic N) is 1. The maximum atomic E-state index is 12.6. The Morgan fingerprint density at radius 3 is 2.55 bits per heavy atom. The minimum atomic E-state index is -3.60. The van der Waals surface area contributed by atoms with Gasteiger partial charge in [0.1, 0.15) is 0 Å². The first kappa shape index (κ1) is 19.4. The van der Waals surface area contributed by atoms with E-state index < -0.39 is 16.0 Å². The zero-order valence-electron chi connectivity index (χ0n) is 12.0. The van der Waals surface area contributed by atoms with Gasteiger partial charge >= 0.3 is 5.97 Å². The summed E-state index contributed by atoms with van der Waals surface area (Å²) in [5, 5.41) is 3.11. The van der Waals surface area contributed by atoms with Gasteiger partial charge in [-0.2, -0.15) is 4.31 Å². The van der Waals surface area contributed by atoms with Crippen molar-refractivity contribution in [2.24, 2.45) is 0 Å². The molecule has 0 saturated carbocycles. The van der Waals surface area contributed by atoms with Gasteiger partial charge in [-0.1, -0.05) is 15.9 Å². The topological polar surface area (TPSA) is 75.7 Å². The maximum Gasteiger partial charge on any atom is 0.338 e. The Bertz CT molecular complexity index is 633. The predicted octanol–water partition coefficient (Wildman–Crippen LogP) is 1.64. The highest BCUT2D eigenvalue weighted by molar-refractivity contribution is 9.10. The largest absolute Gasteiger partial charge is 0.462 e. The van der Waals surface area contributed by atoms with E-state index in [2.05, 4.69) is 21.2 Å². The molecule has 1 N–H and O–H groups in total. The molecule has 0 amide bonds.